The number of hydrogen-bond acceptors (Lipinski definition) is 8. The number of fused-ring (bicyclic) bond motifs is 3. The van der Waals surface area contributed by atoms with Crippen molar-refractivity contribution in [3.05, 3.63) is 11.6 Å². The standard InChI is InChI=1S/C40H68N6O4/c1-11-20-42-39(12-2,13-3)23-50-32-29(46-44-34(41)43-45-46)21-35(7)22-49-24-40(32)28-16-17-38(10)31(33(47)48)36(8,26(6)25(4)5)18-19-37(38,9)27(28)14-15-30(35)40/h16,25-27,29-32,42H,11-15,17-24H2,1-10H3,(H2,41,44)(H,47,48)/t26-,27+,29-,30-,31-,32+,35-,36-,37-,38+,40+/m1/s1. The molecule has 0 spiro atoms. The number of hydrogen-bond donors (Lipinski definition) is 3. The van der Waals surface area contributed by atoms with Gasteiger partial charge in [0.15, 0.2) is 0 Å². The molecule has 1 aromatic heterocycles. The van der Waals surface area contributed by atoms with Gasteiger partial charge < -0.3 is 25.6 Å². The summed E-state index contributed by atoms with van der Waals surface area (Å²) in [4.78, 5) is 15.3. The van der Waals surface area contributed by atoms with Crippen LogP contribution in [-0.4, -0.2) is 69.3 Å². The third-order valence-electron chi connectivity index (χ3n) is 16.4. The fraction of sp³-hybridized carbons (Fsp3) is 0.900. The molecule has 50 heavy (non-hydrogen) atoms. The number of anilines is 1. The lowest BCUT2D eigenvalue weighted by atomic mass is 9.34. The molecule has 5 aliphatic rings. The number of carbonyl (C=O) groups is 1. The molecule has 0 radical (unpaired) electrons. The Morgan fingerprint density at radius 2 is 1.84 bits per heavy atom. The zero-order valence-corrected chi connectivity index (χ0v) is 32.8. The zero-order chi connectivity index (χ0) is 36.5. The highest BCUT2D eigenvalue weighted by Crippen LogP contribution is 2.75. The predicted molar refractivity (Wildman–Crippen MR) is 196 cm³/mol. The number of allylic oxidation sites excluding steroid dienone is 1. The summed E-state index contributed by atoms with van der Waals surface area (Å²) < 4.78 is 14.2. The maximum absolute atomic E-state index is 13.6. The van der Waals surface area contributed by atoms with E-state index in [1.165, 1.54) is 5.57 Å². The molecular formula is C40H68N6O4. The Morgan fingerprint density at radius 1 is 1.12 bits per heavy atom. The number of nitrogens with zero attached hydrogens (tertiary/aromatic N) is 4. The van der Waals surface area contributed by atoms with E-state index in [1.807, 2.05) is 0 Å². The van der Waals surface area contributed by atoms with E-state index in [0.717, 1.165) is 64.3 Å². The van der Waals surface area contributed by atoms with E-state index >= 15 is 0 Å². The first-order valence-electron chi connectivity index (χ1n) is 19.9. The van der Waals surface area contributed by atoms with Crippen LogP contribution in [0.3, 0.4) is 0 Å². The number of nitrogens with two attached hydrogens (primary N) is 1. The predicted octanol–water partition coefficient (Wildman–Crippen LogP) is 7.33. The average Bonchev–Trinajstić information content (AvgIpc) is 3.51. The zero-order valence-electron chi connectivity index (χ0n) is 32.8. The molecule has 0 unspecified atom stereocenters. The van der Waals surface area contributed by atoms with Crippen molar-refractivity contribution in [3.63, 3.8) is 0 Å². The van der Waals surface area contributed by atoms with Crippen LogP contribution in [0.4, 0.5) is 5.95 Å². The van der Waals surface area contributed by atoms with Gasteiger partial charge in [0, 0.05) is 11.0 Å². The molecular weight excluding hydrogens is 628 g/mol. The SMILES string of the molecule is CCCNC(CC)(CC)CO[C@H]1[C@H](n2nnc(N)n2)C[C@]2(C)COC[C@@]13C1=CC[C@@]4(C)[C@H](C(=O)O)[C@@](C)([C@H](C)C(C)C)CC[C@]4(C)[C@H]1CC[C@H]23. The Balaban J connectivity index is 1.50. The van der Waals surface area contributed by atoms with Gasteiger partial charge >= 0.3 is 5.97 Å². The molecule has 10 nitrogen and oxygen atoms in total. The molecule has 4 aliphatic carbocycles. The van der Waals surface area contributed by atoms with Gasteiger partial charge in [-0.1, -0.05) is 86.0 Å². The fourth-order valence-electron chi connectivity index (χ4n) is 12.9. The molecule has 2 heterocycles. The normalized spacial score (nSPS) is 41.9. The lowest BCUT2D eigenvalue weighted by Crippen LogP contribution is -2.70. The number of aromatic nitrogens is 4. The minimum atomic E-state index is -0.630. The molecule has 1 saturated heterocycles. The van der Waals surface area contributed by atoms with Crippen molar-refractivity contribution < 1.29 is 19.4 Å². The highest BCUT2D eigenvalue weighted by atomic mass is 16.5. The van der Waals surface area contributed by atoms with Crippen molar-refractivity contribution in [2.24, 2.45) is 56.7 Å². The number of tetrazole rings is 1. The molecule has 4 N–H and O–H groups in total. The Kier molecular flexibility index (Phi) is 9.89. The van der Waals surface area contributed by atoms with E-state index in [2.05, 4.69) is 96.0 Å². The Hall–Kier alpha value is -2.04. The van der Waals surface area contributed by atoms with Crippen LogP contribution >= 0.6 is 0 Å². The first-order chi connectivity index (χ1) is 23.5. The summed E-state index contributed by atoms with van der Waals surface area (Å²) in [7, 11) is 0. The van der Waals surface area contributed by atoms with Crippen LogP contribution in [0, 0.1) is 56.7 Å². The molecule has 11 atom stereocenters. The maximum Gasteiger partial charge on any atom is 0.307 e. The molecule has 4 fully saturated rings. The topological polar surface area (TPSA) is 137 Å². The third-order valence-corrected chi connectivity index (χ3v) is 16.4. The molecule has 0 amide bonds. The molecule has 6 rings (SSSR count). The van der Waals surface area contributed by atoms with E-state index < -0.39 is 17.3 Å². The molecule has 1 aliphatic heterocycles. The highest BCUT2D eigenvalue weighted by molar-refractivity contribution is 5.73. The van der Waals surface area contributed by atoms with Gasteiger partial charge in [0.05, 0.1) is 31.8 Å². The number of rotatable bonds is 12. The lowest BCUT2D eigenvalue weighted by molar-refractivity contribution is -0.256. The second-order valence-corrected chi connectivity index (χ2v) is 18.8. The maximum atomic E-state index is 13.6. The van der Waals surface area contributed by atoms with Gasteiger partial charge in [-0.15, -0.1) is 5.10 Å². The van der Waals surface area contributed by atoms with Crippen molar-refractivity contribution in [1.82, 2.24) is 25.5 Å². The van der Waals surface area contributed by atoms with E-state index in [-0.39, 0.29) is 51.2 Å². The smallest absolute Gasteiger partial charge is 0.307 e. The lowest BCUT2D eigenvalue weighted by Gasteiger charge is -2.71. The summed E-state index contributed by atoms with van der Waals surface area (Å²) >= 11 is 0. The summed E-state index contributed by atoms with van der Waals surface area (Å²) in [6.45, 7) is 25.8. The van der Waals surface area contributed by atoms with E-state index in [9.17, 15) is 9.90 Å². The molecule has 10 heteroatoms. The Morgan fingerprint density at radius 3 is 2.44 bits per heavy atom. The summed E-state index contributed by atoms with van der Waals surface area (Å²) in [6.07, 6.45) is 10.9. The summed E-state index contributed by atoms with van der Waals surface area (Å²) in [5.74, 6) is 0.441. The minimum Gasteiger partial charge on any atom is -0.481 e. The summed E-state index contributed by atoms with van der Waals surface area (Å²) in [6, 6.07) is -0.156. The van der Waals surface area contributed by atoms with Crippen LogP contribution in [0.5, 0.6) is 0 Å². The molecule has 282 valence electrons. The van der Waals surface area contributed by atoms with Crippen LogP contribution in [0.1, 0.15) is 133 Å². The monoisotopic (exact) mass is 697 g/mol. The van der Waals surface area contributed by atoms with Gasteiger partial charge in [-0.05, 0) is 115 Å². The molecule has 0 aromatic carbocycles. The van der Waals surface area contributed by atoms with Gasteiger partial charge in [-0.2, -0.15) is 4.80 Å². The fourth-order valence-corrected chi connectivity index (χ4v) is 12.9. The Bertz CT molecular complexity index is 1440. The second-order valence-electron chi connectivity index (χ2n) is 18.8. The Labute approximate surface area is 301 Å². The van der Waals surface area contributed by atoms with Crippen molar-refractivity contribution in [1.29, 1.82) is 0 Å². The molecule has 3 saturated carbocycles. The van der Waals surface area contributed by atoms with Gasteiger partial charge in [0.1, 0.15) is 6.04 Å². The van der Waals surface area contributed by atoms with Gasteiger partial charge in [0.2, 0.25) is 0 Å². The number of nitrogen functional groups attached to an aromatic ring is 1. The number of ether oxygens (including phenoxy) is 2. The van der Waals surface area contributed by atoms with Gasteiger partial charge in [0.25, 0.3) is 5.95 Å². The summed E-state index contributed by atoms with van der Waals surface area (Å²) in [5.41, 5.74) is 6.08. The van der Waals surface area contributed by atoms with Crippen molar-refractivity contribution in [3.8, 4) is 0 Å². The number of carboxylic acid groups (broad SMARTS) is 1. The summed E-state index contributed by atoms with van der Waals surface area (Å²) in [5, 5.41) is 28.3. The van der Waals surface area contributed by atoms with Crippen LogP contribution in [0.15, 0.2) is 11.6 Å². The van der Waals surface area contributed by atoms with Crippen LogP contribution in [-0.2, 0) is 14.3 Å². The number of nitrogens with one attached hydrogen (secondary N) is 1. The van der Waals surface area contributed by atoms with Crippen LogP contribution in [0.2, 0.25) is 0 Å². The number of carboxylic acids is 1. The highest BCUT2D eigenvalue weighted by Gasteiger charge is 2.73. The second kappa shape index (κ2) is 13.1. The van der Waals surface area contributed by atoms with E-state index in [1.54, 1.807) is 4.80 Å². The quantitative estimate of drug-likeness (QED) is 0.192. The first-order valence-corrected chi connectivity index (χ1v) is 19.9. The molecule has 2 bridgehead atoms. The van der Waals surface area contributed by atoms with Crippen molar-refractivity contribution >= 4 is 11.9 Å². The largest absolute Gasteiger partial charge is 0.481 e. The number of aliphatic carboxylic acids is 1. The van der Waals surface area contributed by atoms with Gasteiger partial charge in [-0.25, -0.2) is 0 Å². The van der Waals surface area contributed by atoms with Gasteiger partial charge in [-0.3, -0.25) is 4.79 Å². The van der Waals surface area contributed by atoms with Crippen LogP contribution < -0.4 is 11.1 Å². The first kappa shape index (κ1) is 37.7. The molecule has 1 aromatic rings. The van der Waals surface area contributed by atoms with Crippen LogP contribution in [0.25, 0.3) is 0 Å². The third kappa shape index (κ3) is 5.34. The average molecular weight is 697 g/mol. The van der Waals surface area contributed by atoms with E-state index in [0.29, 0.717) is 37.6 Å². The van der Waals surface area contributed by atoms with Crippen molar-refractivity contribution in [2.45, 2.75) is 145 Å². The minimum absolute atomic E-state index is 0.104. The van der Waals surface area contributed by atoms with Crippen molar-refractivity contribution in [2.75, 3.05) is 32.1 Å². The van der Waals surface area contributed by atoms with E-state index in [4.69, 9.17) is 15.2 Å².